The Balaban J connectivity index is 2.91. The van der Waals surface area contributed by atoms with E-state index in [0.717, 1.165) is 0 Å². The summed E-state index contributed by atoms with van der Waals surface area (Å²) in [5, 5.41) is 2.52. The zero-order valence-corrected chi connectivity index (χ0v) is 5.25. The van der Waals surface area contributed by atoms with Crippen LogP contribution in [0.25, 0.3) is 0 Å². The molecule has 0 heterocycles. The van der Waals surface area contributed by atoms with Gasteiger partial charge in [-0.1, -0.05) is 12.2 Å². The van der Waals surface area contributed by atoms with Crippen molar-refractivity contribution >= 4 is 0 Å². The second-order valence-electron chi connectivity index (χ2n) is 1.86. The van der Waals surface area contributed by atoms with Crippen molar-refractivity contribution in [3.63, 3.8) is 0 Å². The van der Waals surface area contributed by atoms with Gasteiger partial charge in [-0.15, -0.1) is 4.91 Å². The maximum absolute atomic E-state index is 12.6. The normalized spacial score (nSPS) is 17.3. The minimum atomic E-state index is -0.566. The van der Waals surface area contributed by atoms with Crippen molar-refractivity contribution in [3.05, 3.63) is 40.7 Å². The SMILES string of the molecule is O=NC1=CCC=CC=C1F. The van der Waals surface area contributed by atoms with Crippen LogP contribution in [0.5, 0.6) is 0 Å². The van der Waals surface area contributed by atoms with E-state index >= 15 is 0 Å². The number of halogens is 1. The van der Waals surface area contributed by atoms with Gasteiger partial charge in [-0.25, -0.2) is 4.39 Å². The van der Waals surface area contributed by atoms with E-state index in [4.69, 9.17) is 0 Å². The Morgan fingerprint density at radius 2 is 2.40 bits per heavy atom. The number of allylic oxidation sites excluding steroid dienone is 5. The Labute approximate surface area is 57.7 Å². The lowest BCUT2D eigenvalue weighted by Crippen LogP contribution is -1.75. The Hall–Kier alpha value is -1.25. The first-order valence-corrected chi connectivity index (χ1v) is 2.91. The van der Waals surface area contributed by atoms with Gasteiger partial charge in [0.2, 0.25) is 0 Å². The molecule has 0 amide bonds. The molecule has 0 bridgehead atoms. The Morgan fingerprint density at radius 3 is 3.10 bits per heavy atom. The van der Waals surface area contributed by atoms with Gasteiger partial charge in [-0.3, -0.25) is 0 Å². The molecule has 52 valence electrons. The number of rotatable bonds is 1. The summed E-state index contributed by atoms with van der Waals surface area (Å²) in [5.41, 5.74) is -0.106. The van der Waals surface area contributed by atoms with E-state index in [0.29, 0.717) is 6.42 Å². The van der Waals surface area contributed by atoms with Crippen molar-refractivity contribution in [2.75, 3.05) is 0 Å². The lowest BCUT2D eigenvalue weighted by molar-refractivity contribution is 0.648. The van der Waals surface area contributed by atoms with Gasteiger partial charge in [0.25, 0.3) is 0 Å². The van der Waals surface area contributed by atoms with Crippen molar-refractivity contribution in [1.29, 1.82) is 0 Å². The maximum atomic E-state index is 12.6. The van der Waals surface area contributed by atoms with Crippen LogP contribution in [0.15, 0.2) is 41.0 Å². The average Bonchev–Trinajstić information content (AvgIpc) is 2.13. The van der Waals surface area contributed by atoms with Crippen molar-refractivity contribution in [2.24, 2.45) is 5.18 Å². The van der Waals surface area contributed by atoms with Crippen LogP contribution in [-0.4, -0.2) is 0 Å². The molecule has 2 nitrogen and oxygen atoms in total. The fraction of sp³-hybridized carbons (Fsp3) is 0.143. The van der Waals surface area contributed by atoms with Crippen molar-refractivity contribution < 1.29 is 4.39 Å². The standard InChI is InChI=1S/C7H6FNO/c8-6-4-2-1-3-5-7(6)9-10/h1-2,4-5H,3H2. The van der Waals surface area contributed by atoms with E-state index in [1.165, 1.54) is 12.2 Å². The molecule has 0 radical (unpaired) electrons. The van der Waals surface area contributed by atoms with E-state index in [1.54, 1.807) is 12.2 Å². The third-order valence-corrected chi connectivity index (χ3v) is 1.17. The molecule has 0 fully saturated rings. The largest absolute Gasteiger partial charge is 0.204 e. The summed E-state index contributed by atoms with van der Waals surface area (Å²) in [6.07, 6.45) is 6.54. The van der Waals surface area contributed by atoms with Crippen LogP contribution in [-0.2, 0) is 0 Å². The van der Waals surface area contributed by atoms with Gasteiger partial charge >= 0.3 is 0 Å². The van der Waals surface area contributed by atoms with Gasteiger partial charge in [0.05, 0.1) is 0 Å². The monoisotopic (exact) mass is 139 g/mol. The van der Waals surface area contributed by atoms with E-state index in [9.17, 15) is 9.30 Å². The summed E-state index contributed by atoms with van der Waals surface area (Å²) in [4.78, 5) is 9.90. The molecule has 1 aliphatic rings. The molecule has 0 aromatic carbocycles. The lowest BCUT2D eigenvalue weighted by Gasteiger charge is -1.87. The highest BCUT2D eigenvalue weighted by molar-refractivity contribution is 5.30. The number of nitroso groups, excluding NO2 is 1. The molecule has 3 heteroatoms. The van der Waals surface area contributed by atoms with E-state index in [2.05, 4.69) is 5.18 Å². The lowest BCUT2D eigenvalue weighted by atomic mass is 10.3. The molecule has 10 heavy (non-hydrogen) atoms. The topological polar surface area (TPSA) is 29.4 Å². The highest BCUT2D eigenvalue weighted by Crippen LogP contribution is 2.16. The first kappa shape index (κ1) is 6.86. The number of hydrogen-bond acceptors (Lipinski definition) is 2. The van der Waals surface area contributed by atoms with Crippen LogP contribution in [0.2, 0.25) is 0 Å². The first-order valence-electron chi connectivity index (χ1n) is 2.91. The maximum Gasteiger partial charge on any atom is 0.152 e. The van der Waals surface area contributed by atoms with Gasteiger partial charge < -0.3 is 0 Å². The molecule has 0 spiro atoms. The minimum absolute atomic E-state index is 0.106. The van der Waals surface area contributed by atoms with Gasteiger partial charge in [-0.05, 0) is 23.7 Å². The zero-order chi connectivity index (χ0) is 7.40. The molecule has 0 unspecified atom stereocenters. The van der Waals surface area contributed by atoms with E-state index < -0.39 is 5.83 Å². The van der Waals surface area contributed by atoms with E-state index in [-0.39, 0.29) is 5.70 Å². The smallest absolute Gasteiger partial charge is 0.152 e. The molecule has 0 saturated carbocycles. The fourth-order valence-electron chi connectivity index (χ4n) is 0.675. The van der Waals surface area contributed by atoms with Gasteiger partial charge in [0.15, 0.2) is 5.83 Å². The predicted molar refractivity (Wildman–Crippen MR) is 36.8 cm³/mol. The third kappa shape index (κ3) is 1.37. The fourth-order valence-corrected chi connectivity index (χ4v) is 0.675. The van der Waals surface area contributed by atoms with E-state index in [1.807, 2.05) is 0 Å². The van der Waals surface area contributed by atoms with Crippen molar-refractivity contribution in [3.8, 4) is 0 Å². The summed E-state index contributed by atoms with van der Waals surface area (Å²) in [7, 11) is 0. The number of hydrogen-bond donors (Lipinski definition) is 0. The minimum Gasteiger partial charge on any atom is -0.204 e. The van der Waals surface area contributed by atoms with Crippen LogP contribution < -0.4 is 0 Å². The van der Waals surface area contributed by atoms with Crippen LogP contribution in [0.3, 0.4) is 0 Å². The molecule has 0 aromatic rings. The van der Waals surface area contributed by atoms with Crippen LogP contribution in [0, 0.1) is 4.91 Å². The molecule has 0 aliphatic heterocycles. The summed E-state index contributed by atoms with van der Waals surface area (Å²) in [6.45, 7) is 0. The molecular formula is C7H6FNO. The summed E-state index contributed by atoms with van der Waals surface area (Å²) in [6, 6.07) is 0. The Kier molecular flexibility index (Phi) is 2.10. The summed E-state index contributed by atoms with van der Waals surface area (Å²) >= 11 is 0. The highest BCUT2D eigenvalue weighted by Gasteiger charge is 2.03. The van der Waals surface area contributed by atoms with Gasteiger partial charge in [0.1, 0.15) is 5.70 Å². The molecule has 0 aromatic heterocycles. The zero-order valence-electron chi connectivity index (χ0n) is 5.25. The Bertz CT molecular complexity index is 228. The Morgan fingerprint density at radius 1 is 1.60 bits per heavy atom. The van der Waals surface area contributed by atoms with Crippen LogP contribution >= 0.6 is 0 Å². The van der Waals surface area contributed by atoms with Crippen LogP contribution in [0.4, 0.5) is 4.39 Å². The predicted octanol–water partition coefficient (Wildman–Crippen LogP) is 2.45. The van der Waals surface area contributed by atoms with Gasteiger partial charge in [0, 0.05) is 0 Å². The molecule has 0 atom stereocenters. The second-order valence-corrected chi connectivity index (χ2v) is 1.86. The van der Waals surface area contributed by atoms with Crippen LogP contribution in [0.1, 0.15) is 6.42 Å². The van der Waals surface area contributed by atoms with Crippen molar-refractivity contribution in [1.82, 2.24) is 0 Å². The average molecular weight is 139 g/mol. The van der Waals surface area contributed by atoms with Crippen molar-refractivity contribution in [2.45, 2.75) is 6.42 Å². The number of nitrogens with zero attached hydrogens (tertiary/aromatic N) is 1. The quantitative estimate of drug-likeness (QED) is 0.513. The highest BCUT2D eigenvalue weighted by atomic mass is 19.1. The first-order chi connectivity index (χ1) is 4.84. The molecule has 0 N–H and O–H groups in total. The summed E-state index contributed by atoms with van der Waals surface area (Å²) < 4.78 is 12.6. The third-order valence-electron chi connectivity index (χ3n) is 1.17. The molecule has 0 saturated heterocycles. The molecular weight excluding hydrogens is 133 g/mol. The second kappa shape index (κ2) is 3.06. The summed E-state index contributed by atoms with van der Waals surface area (Å²) in [5.74, 6) is -0.566. The molecule has 1 rings (SSSR count). The van der Waals surface area contributed by atoms with Gasteiger partial charge in [-0.2, -0.15) is 0 Å². The molecule has 1 aliphatic carbocycles.